The van der Waals surface area contributed by atoms with Gasteiger partial charge in [0, 0.05) is 0 Å². The van der Waals surface area contributed by atoms with Gasteiger partial charge < -0.3 is 5.11 Å². The highest BCUT2D eigenvalue weighted by molar-refractivity contribution is 7.92. The minimum atomic E-state index is -4.26. The number of hydrogen-bond acceptors (Lipinski definition) is 5. The SMILES string of the molecule is NS(=O)(=O)c1cccc(NS(=O)(=O)c2ccc(F)c(C(=O)O)c2)c1. The van der Waals surface area contributed by atoms with Crippen molar-refractivity contribution in [3.63, 3.8) is 0 Å². The van der Waals surface area contributed by atoms with Crippen LogP contribution >= 0.6 is 0 Å². The Morgan fingerprint density at radius 3 is 2.29 bits per heavy atom. The third kappa shape index (κ3) is 3.88. The predicted molar refractivity (Wildman–Crippen MR) is 82.0 cm³/mol. The largest absolute Gasteiger partial charge is 0.478 e. The first-order valence-corrected chi connectivity index (χ1v) is 9.22. The first kappa shape index (κ1) is 17.8. The van der Waals surface area contributed by atoms with Gasteiger partial charge in [-0.3, -0.25) is 4.72 Å². The number of anilines is 1. The van der Waals surface area contributed by atoms with E-state index in [-0.39, 0.29) is 10.6 Å². The predicted octanol–water partition coefficient (Wildman–Crippen LogP) is 0.972. The molecule has 2 aromatic rings. The fraction of sp³-hybridized carbons (Fsp3) is 0. The van der Waals surface area contributed by atoms with Gasteiger partial charge in [0.25, 0.3) is 10.0 Å². The van der Waals surface area contributed by atoms with E-state index in [9.17, 15) is 26.0 Å². The maximum atomic E-state index is 13.3. The van der Waals surface area contributed by atoms with Crippen molar-refractivity contribution in [2.75, 3.05) is 4.72 Å². The van der Waals surface area contributed by atoms with Crippen LogP contribution in [0.5, 0.6) is 0 Å². The maximum absolute atomic E-state index is 13.3. The molecule has 4 N–H and O–H groups in total. The van der Waals surface area contributed by atoms with E-state index in [1.807, 2.05) is 0 Å². The molecule has 0 aromatic heterocycles. The number of carboxylic acids is 1. The molecule has 0 aliphatic carbocycles. The fourth-order valence-electron chi connectivity index (χ4n) is 1.79. The van der Waals surface area contributed by atoms with Crippen molar-refractivity contribution < 1.29 is 31.1 Å². The van der Waals surface area contributed by atoms with Crippen molar-refractivity contribution in [1.29, 1.82) is 0 Å². The molecule has 0 saturated heterocycles. The van der Waals surface area contributed by atoms with Crippen molar-refractivity contribution in [2.45, 2.75) is 9.79 Å². The van der Waals surface area contributed by atoms with Gasteiger partial charge in [0.1, 0.15) is 5.82 Å². The molecule has 0 radical (unpaired) electrons. The lowest BCUT2D eigenvalue weighted by Crippen LogP contribution is -2.16. The second-order valence-electron chi connectivity index (χ2n) is 4.63. The highest BCUT2D eigenvalue weighted by Gasteiger charge is 2.20. The number of sulfonamides is 2. The summed E-state index contributed by atoms with van der Waals surface area (Å²) in [6.45, 7) is 0. The topological polar surface area (TPSA) is 144 Å². The van der Waals surface area contributed by atoms with Gasteiger partial charge in [0.2, 0.25) is 10.0 Å². The van der Waals surface area contributed by atoms with Gasteiger partial charge >= 0.3 is 5.97 Å². The monoisotopic (exact) mass is 374 g/mol. The molecule has 0 spiro atoms. The second kappa shape index (κ2) is 6.19. The number of nitrogens with two attached hydrogens (primary N) is 1. The molecule has 0 fully saturated rings. The summed E-state index contributed by atoms with van der Waals surface area (Å²) in [5.41, 5.74) is -0.918. The van der Waals surface area contributed by atoms with Crippen molar-refractivity contribution in [3.05, 3.63) is 53.8 Å². The maximum Gasteiger partial charge on any atom is 0.338 e. The summed E-state index contributed by atoms with van der Waals surface area (Å²) in [6.07, 6.45) is 0. The van der Waals surface area contributed by atoms with Crippen LogP contribution in [0, 0.1) is 5.82 Å². The summed E-state index contributed by atoms with van der Waals surface area (Å²) in [5.74, 6) is -2.71. The molecule has 8 nitrogen and oxygen atoms in total. The summed E-state index contributed by atoms with van der Waals surface area (Å²) < 4.78 is 62.4. The molecule has 24 heavy (non-hydrogen) atoms. The van der Waals surface area contributed by atoms with Crippen LogP contribution in [-0.4, -0.2) is 27.9 Å². The Balaban J connectivity index is 2.43. The van der Waals surface area contributed by atoms with E-state index in [0.29, 0.717) is 12.1 Å². The molecule has 0 aliphatic heterocycles. The second-order valence-corrected chi connectivity index (χ2v) is 7.87. The third-order valence-electron chi connectivity index (χ3n) is 2.89. The molecule has 0 amide bonds. The Bertz CT molecular complexity index is 1020. The van der Waals surface area contributed by atoms with Gasteiger partial charge in [0.05, 0.1) is 21.0 Å². The molecule has 11 heteroatoms. The van der Waals surface area contributed by atoms with Gasteiger partial charge in [-0.25, -0.2) is 31.2 Å². The van der Waals surface area contributed by atoms with E-state index in [2.05, 4.69) is 4.72 Å². The quantitative estimate of drug-likeness (QED) is 0.711. The van der Waals surface area contributed by atoms with Gasteiger partial charge in [0.15, 0.2) is 0 Å². The molecule has 0 bridgehead atoms. The summed E-state index contributed by atoms with van der Waals surface area (Å²) in [5, 5.41) is 13.8. The number of carboxylic acid groups (broad SMARTS) is 1. The number of nitrogens with one attached hydrogen (secondary N) is 1. The lowest BCUT2D eigenvalue weighted by molar-refractivity contribution is 0.0691. The molecule has 2 rings (SSSR count). The average molecular weight is 374 g/mol. The zero-order valence-electron chi connectivity index (χ0n) is 11.8. The van der Waals surface area contributed by atoms with Crippen LogP contribution in [0.3, 0.4) is 0 Å². The molecule has 0 saturated carbocycles. The minimum Gasteiger partial charge on any atom is -0.478 e. The van der Waals surface area contributed by atoms with Crippen LogP contribution in [0.25, 0.3) is 0 Å². The fourth-order valence-corrected chi connectivity index (χ4v) is 3.42. The van der Waals surface area contributed by atoms with E-state index in [1.54, 1.807) is 0 Å². The summed E-state index contributed by atoms with van der Waals surface area (Å²) in [4.78, 5) is 10.1. The Morgan fingerprint density at radius 1 is 1.04 bits per heavy atom. The number of primary sulfonamides is 1. The Kier molecular flexibility index (Phi) is 4.60. The number of halogens is 1. The molecule has 0 unspecified atom stereocenters. The molecular formula is C13H11FN2O6S2. The van der Waals surface area contributed by atoms with Crippen LogP contribution in [0.1, 0.15) is 10.4 Å². The van der Waals surface area contributed by atoms with Crippen molar-refractivity contribution in [3.8, 4) is 0 Å². The number of rotatable bonds is 5. The first-order chi connectivity index (χ1) is 11.0. The van der Waals surface area contributed by atoms with Crippen LogP contribution in [-0.2, 0) is 20.0 Å². The summed E-state index contributed by atoms with van der Waals surface area (Å²) >= 11 is 0. The molecular weight excluding hydrogens is 363 g/mol. The van der Waals surface area contributed by atoms with Gasteiger partial charge in [-0.2, -0.15) is 0 Å². The number of hydrogen-bond donors (Lipinski definition) is 3. The van der Waals surface area contributed by atoms with Crippen LogP contribution in [0.4, 0.5) is 10.1 Å². The molecule has 128 valence electrons. The van der Waals surface area contributed by atoms with E-state index in [1.165, 1.54) is 18.2 Å². The van der Waals surface area contributed by atoms with E-state index >= 15 is 0 Å². The molecule has 2 aromatic carbocycles. The summed E-state index contributed by atoms with van der Waals surface area (Å²) in [7, 11) is -8.30. The van der Waals surface area contributed by atoms with E-state index in [0.717, 1.165) is 12.1 Å². The highest BCUT2D eigenvalue weighted by Crippen LogP contribution is 2.21. The Labute approximate surface area is 136 Å². The average Bonchev–Trinajstić information content (AvgIpc) is 2.46. The Hall–Kier alpha value is -2.50. The van der Waals surface area contributed by atoms with E-state index < -0.39 is 42.3 Å². The number of carbonyl (C=O) groups is 1. The zero-order chi connectivity index (χ0) is 18.1. The van der Waals surface area contributed by atoms with Crippen molar-refractivity contribution in [1.82, 2.24) is 0 Å². The van der Waals surface area contributed by atoms with Crippen LogP contribution in [0.2, 0.25) is 0 Å². The van der Waals surface area contributed by atoms with Crippen LogP contribution in [0.15, 0.2) is 52.3 Å². The van der Waals surface area contributed by atoms with Crippen LogP contribution < -0.4 is 9.86 Å². The number of aromatic carboxylic acids is 1. The highest BCUT2D eigenvalue weighted by atomic mass is 32.2. The van der Waals surface area contributed by atoms with Crippen molar-refractivity contribution in [2.24, 2.45) is 5.14 Å². The van der Waals surface area contributed by atoms with Gasteiger partial charge in [-0.1, -0.05) is 6.07 Å². The lowest BCUT2D eigenvalue weighted by Gasteiger charge is -2.10. The van der Waals surface area contributed by atoms with E-state index in [4.69, 9.17) is 10.2 Å². The molecule has 0 aliphatic rings. The molecule has 0 heterocycles. The smallest absolute Gasteiger partial charge is 0.338 e. The van der Waals surface area contributed by atoms with Crippen molar-refractivity contribution >= 4 is 31.7 Å². The standard InChI is InChI=1S/C13H11FN2O6S2/c14-12-5-4-10(7-11(12)13(17)18)24(21,22)16-8-2-1-3-9(6-8)23(15,19)20/h1-7,16H,(H,17,18)(H2,15,19,20). The normalized spacial score (nSPS) is 11.9. The zero-order valence-corrected chi connectivity index (χ0v) is 13.4. The third-order valence-corrected chi connectivity index (χ3v) is 5.18. The van der Waals surface area contributed by atoms with Gasteiger partial charge in [-0.05, 0) is 36.4 Å². The first-order valence-electron chi connectivity index (χ1n) is 6.19. The summed E-state index contributed by atoms with van der Waals surface area (Å²) in [6, 6.07) is 6.96. The number of benzene rings is 2. The van der Waals surface area contributed by atoms with Gasteiger partial charge in [-0.15, -0.1) is 0 Å². The lowest BCUT2D eigenvalue weighted by atomic mass is 10.2. The minimum absolute atomic E-state index is 0.109. The Morgan fingerprint density at radius 2 is 1.71 bits per heavy atom. The molecule has 0 atom stereocenters.